The highest BCUT2D eigenvalue weighted by molar-refractivity contribution is 5.95. The molecule has 1 aromatic carbocycles. The molecule has 5 nitrogen and oxygen atoms in total. The maximum Gasteiger partial charge on any atom is 0.254 e. The first-order valence-electron chi connectivity index (χ1n) is 8.31. The first-order valence-corrected chi connectivity index (χ1v) is 8.31. The molecule has 0 aromatic heterocycles. The Bertz CT molecular complexity index is 569. The molecule has 0 bridgehead atoms. The molecule has 0 saturated carbocycles. The Kier molecular flexibility index (Phi) is 4.48. The van der Waals surface area contributed by atoms with Crippen LogP contribution in [-0.2, 0) is 0 Å². The van der Waals surface area contributed by atoms with Crippen molar-refractivity contribution in [1.29, 1.82) is 0 Å². The van der Waals surface area contributed by atoms with E-state index in [0.717, 1.165) is 51.0 Å². The van der Waals surface area contributed by atoms with Gasteiger partial charge in [0.25, 0.3) is 5.91 Å². The van der Waals surface area contributed by atoms with Crippen LogP contribution in [0.4, 0.5) is 0 Å². The minimum atomic E-state index is 0.0806. The molecule has 3 rings (SSSR count). The van der Waals surface area contributed by atoms with Crippen molar-refractivity contribution in [3.63, 3.8) is 0 Å². The first-order chi connectivity index (χ1) is 11.1. The zero-order valence-electron chi connectivity index (χ0n) is 14.3. The molecule has 0 radical (unpaired) electrons. The van der Waals surface area contributed by atoms with Gasteiger partial charge in [-0.3, -0.25) is 4.79 Å². The van der Waals surface area contributed by atoms with Crippen LogP contribution in [0.2, 0.25) is 0 Å². The molecular formula is C18H26N2O3. The highest BCUT2D eigenvalue weighted by Gasteiger charge is 2.40. The van der Waals surface area contributed by atoms with Crippen LogP contribution >= 0.6 is 0 Å². The number of likely N-dealkylation sites (tertiary alicyclic amines) is 1. The molecule has 5 heteroatoms. The van der Waals surface area contributed by atoms with Crippen LogP contribution in [0.15, 0.2) is 12.1 Å². The van der Waals surface area contributed by atoms with Crippen molar-refractivity contribution in [2.45, 2.75) is 26.2 Å². The summed E-state index contributed by atoms with van der Waals surface area (Å²) >= 11 is 0. The molecule has 2 fully saturated rings. The molecule has 0 atom stereocenters. The third kappa shape index (κ3) is 3.02. The highest BCUT2D eigenvalue weighted by Crippen LogP contribution is 2.39. The van der Waals surface area contributed by atoms with E-state index in [-0.39, 0.29) is 5.91 Å². The fraction of sp³-hybridized carbons (Fsp3) is 0.611. The monoisotopic (exact) mass is 318 g/mol. The predicted octanol–water partition coefficient (Wildman–Crippen LogP) is 2.23. The summed E-state index contributed by atoms with van der Waals surface area (Å²) in [4.78, 5) is 14.9. The van der Waals surface area contributed by atoms with Gasteiger partial charge in [-0.2, -0.15) is 0 Å². The summed E-state index contributed by atoms with van der Waals surface area (Å²) in [5.41, 5.74) is 1.89. The molecule has 23 heavy (non-hydrogen) atoms. The Labute approximate surface area is 137 Å². The number of nitrogens with one attached hydrogen (secondary N) is 1. The van der Waals surface area contributed by atoms with Crippen molar-refractivity contribution >= 4 is 5.91 Å². The largest absolute Gasteiger partial charge is 0.496 e. The number of carbonyl (C=O) groups is 1. The van der Waals surface area contributed by atoms with Gasteiger partial charge in [0.15, 0.2) is 0 Å². The van der Waals surface area contributed by atoms with Crippen molar-refractivity contribution in [2.24, 2.45) is 5.41 Å². The summed E-state index contributed by atoms with van der Waals surface area (Å²) in [6.45, 7) is 5.78. The van der Waals surface area contributed by atoms with E-state index in [4.69, 9.17) is 9.47 Å². The van der Waals surface area contributed by atoms with Crippen molar-refractivity contribution in [1.82, 2.24) is 10.2 Å². The molecule has 1 amide bonds. The topological polar surface area (TPSA) is 50.8 Å². The number of rotatable bonds is 3. The average Bonchev–Trinajstić information content (AvgIpc) is 2.98. The molecule has 1 aromatic rings. The summed E-state index contributed by atoms with van der Waals surface area (Å²) in [5.74, 6) is 1.48. The van der Waals surface area contributed by atoms with Gasteiger partial charge < -0.3 is 19.7 Å². The summed E-state index contributed by atoms with van der Waals surface area (Å²) in [6, 6.07) is 3.65. The number of nitrogens with zero attached hydrogens (tertiary/aromatic N) is 1. The van der Waals surface area contributed by atoms with Crippen molar-refractivity contribution < 1.29 is 14.3 Å². The van der Waals surface area contributed by atoms with Crippen molar-refractivity contribution in [3.8, 4) is 11.5 Å². The standard InChI is InChI=1S/C18H26N2O3/c1-13-15(22-2)10-14(11-16(13)23-3)17(21)20-9-6-18(12-20)4-7-19-8-5-18/h10-11,19H,4-9,12H2,1-3H3. The second-order valence-corrected chi connectivity index (χ2v) is 6.73. The lowest BCUT2D eigenvalue weighted by Gasteiger charge is -2.33. The summed E-state index contributed by atoms with van der Waals surface area (Å²) in [7, 11) is 3.24. The van der Waals surface area contributed by atoms with Crippen LogP contribution in [0.3, 0.4) is 0 Å². The van der Waals surface area contributed by atoms with Crippen LogP contribution in [0, 0.1) is 12.3 Å². The van der Waals surface area contributed by atoms with Crippen LogP contribution in [0.5, 0.6) is 11.5 Å². The van der Waals surface area contributed by atoms with Crippen molar-refractivity contribution in [3.05, 3.63) is 23.3 Å². The molecule has 2 aliphatic heterocycles. The zero-order chi connectivity index (χ0) is 16.4. The van der Waals surface area contributed by atoms with Crippen LogP contribution in [0.1, 0.15) is 35.2 Å². The number of hydrogen-bond acceptors (Lipinski definition) is 4. The normalized spacial score (nSPS) is 19.9. The Morgan fingerprint density at radius 1 is 1.13 bits per heavy atom. The van der Waals surface area contributed by atoms with Gasteiger partial charge in [0.2, 0.25) is 0 Å². The summed E-state index contributed by atoms with van der Waals surface area (Å²) < 4.78 is 10.8. The Balaban J connectivity index is 1.81. The Morgan fingerprint density at radius 2 is 1.74 bits per heavy atom. The zero-order valence-corrected chi connectivity index (χ0v) is 14.3. The molecule has 2 heterocycles. The van der Waals surface area contributed by atoms with Gasteiger partial charge in [0.1, 0.15) is 11.5 Å². The van der Waals surface area contributed by atoms with Crippen LogP contribution in [-0.4, -0.2) is 51.2 Å². The van der Waals surface area contributed by atoms with E-state index in [1.807, 2.05) is 24.0 Å². The molecule has 2 aliphatic rings. The van der Waals surface area contributed by atoms with Crippen LogP contribution < -0.4 is 14.8 Å². The van der Waals surface area contributed by atoms with E-state index >= 15 is 0 Å². The molecule has 1 spiro atoms. The smallest absolute Gasteiger partial charge is 0.254 e. The quantitative estimate of drug-likeness (QED) is 0.928. The van der Waals surface area contributed by atoms with E-state index in [1.165, 1.54) is 0 Å². The molecule has 0 unspecified atom stereocenters. The molecule has 2 saturated heterocycles. The second-order valence-electron chi connectivity index (χ2n) is 6.73. The maximum atomic E-state index is 12.9. The predicted molar refractivity (Wildman–Crippen MR) is 89.3 cm³/mol. The van der Waals surface area contributed by atoms with E-state index < -0.39 is 0 Å². The third-order valence-corrected chi connectivity index (χ3v) is 5.39. The van der Waals surface area contributed by atoms with Crippen molar-refractivity contribution in [2.75, 3.05) is 40.4 Å². The molecule has 126 valence electrons. The minimum Gasteiger partial charge on any atom is -0.496 e. The SMILES string of the molecule is COc1cc(C(=O)N2CCC3(CCNCC3)C2)cc(OC)c1C. The second kappa shape index (κ2) is 6.40. The summed E-state index contributed by atoms with van der Waals surface area (Å²) in [5, 5.41) is 3.41. The summed E-state index contributed by atoms with van der Waals surface area (Å²) in [6.07, 6.45) is 3.44. The lowest BCUT2D eigenvalue weighted by Crippen LogP contribution is -2.39. The average molecular weight is 318 g/mol. The van der Waals surface area contributed by atoms with Gasteiger partial charge >= 0.3 is 0 Å². The lowest BCUT2D eigenvalue weighted by atomic mass is 9.78. The van der Waals surface area contributed by atoms with Gasteiger partial charge in [-0.05, 0) is 56.8 Å². The fourth-order valence-electron chi connectivity index (χ4n) is 3.87. The number of benzene rings is 1. The molecule has 0 aliphatic carbocycles. The molecular weight excluding hydrogens is 292 g/mol. The van der Waals surface area contributed by atoms with E-state index in [0.29, 0.717) is 22.5 Å². The number of hydrogen-bond donors (Lipinski definition) is 1. The number of carbonyl (C=O) groups excluding carboxylic acids is 1. The van der Waals surface area contributed by atoms with Gasteiger partial charge in [0.05, 0.1) is 14.2 Å². The van der Waals surface area contributed by atoms with E-state index in [2.05, 4.69) is 5.32 Å². The van der Waals surface area contributed by atoms with Gasteiger partial charge in [0, 0.05) is 24.2 Å². The minimum absolute atomic E-state index is 0.0806. The highest BCUT2D eigenvalue weighted by atomic mass is 16.5. The number of ether oxygens (including phenoxy) is 2. The number of piperidine rings is 1. The Morgan fingerprint density at radius 3 is 2.30 bits per heavy atom. The van der Waals surface area contributed by atoms with Crippen LogP contribution in [0.25, 0.3) is 0 Å². The van der Waals surface area contributed by atoms with E-state index in [9.17, 15) is 4.79 Å². The molecule has 1 N–H and O–H groups in total. The maximum absolute atomic E-state index is 12.9. The fourth-order valence-corrected chi connectivity index (χ4v) is 3.87. The number of methoxy groups -OCH3 is 2. The van der Waals surface area contributed by atoms with Gasteiger partial charge in [-0.15, -0.1) is 0 Å². The Hall–Kier alpha value is -1.75. The first kappa shape index (κ1) is 16.1. The third-order valence-electron chi connectivity index (χ3n) is 5.39. The van der Waals surface area contributed by atoms with Gasteiger partial charge in [-0.25, -0.2) is 0 Å². The van der Waals surface area contributed by atoms with Gasteiger partial charge in [-0.1, -0.05) is 0 Å². The van der Waals surface area contributed by atoms with E-state index in [1.54, 1.807) is 14.2 Å². The lowest BCUT2D eigenvalue weighted by molar-refractivity contribution is 0.0761. The number of amides is 1.